The predicted molar refractivity (Wildman–Crippen MR) is 41.5 cm³/mol. The molecule has 0 atom stereocenters. The van der Waals surface area contributed by atoms with Crippen LogP contribution in [0.4, 0.5) is 14.5 Å². The number of pyridine rings is 1. The highest BCUT2D eigenvalue weighted by Gasteiger charge is 2.27. The van der Waals surface area contributed by atoms with Gasteiger partial charge in [0.1, 0.15) is 0 Å². The summed E-state index contributed by atoms with van der Waals surface area (Å²) in [6.45, 7) is 0. The highest BCUT2D eigenvalue weighted by molar-refractivity contribution is 9.09. The van der Waals surface area contributed by atoms with Gasteiger partial charge >= 0.3 is 4.83 Å². The van der Waals surface area contributed by atoms with E-state index in [0.29, 0.717) is 0 Å². The van der Waals surface area contributed by atoms with Crippen molar-refractivity contribution in [2.24, 2.45) is 0 Å². The van der Waals surface area contributed by atoms with Gasteiger partial charge in [-0.15, -0.1) is 0 Å². The summed E-state index contributed by atoms with van der Waals surface area (Å²) < 4.78 is 24.9. The van der Waals surface area contributed by atoms with Crippen LogP contribution >= 0.6 is 15.9 Å². The summed E-state index contributed by atoms with van der Waals surface area (Å²) >= 11 is 2.19. The average molecular weight is 223 g/mol. The van der Waals surface area contributed by atoms with Crippen LogP contribution in [0, 0.1) is 0 Å². The highest BCUT2D eigenvalue weighted by Crippen LogP contribution is 2.34. The summed E-state index contributed by atoms with van der Waals surface area (Å²) in [6.07, 6.45) is 2.37. The molecular formula is C6H5BrF2N2. The van der Waals surface area contributed by atoms with Crippen LogP contribution in [-0.4, -0.2) is 4.98 Å². The number of hydrogen-bond donors (Lipinski definition) is 1. The molecule has 1 aromatic rings. The quantitative estimate of drug-likeness (QED) is 0.740. The van der Waals surface area contributed by atoms with E-state index in [1.54, 1.807) is 0 Å². The first-order valence-corrected chi connectivity index (χ1v) is 3.57. The van der Waals surface area contributed by atoms with E-state index in [0.717, 1.165) is 6.20 Å². The maximum Gasteiger partial charge on any atom is 0.328 e. The van der Waals surface area contributed by atoms with E-state index in [2.05, 4.69) is 20.9 Å². The summed E-state index contributed by atoms with van der Waals surface area (Å²) in [5.41, 5.74) is 5.22. The van der Waals surface area contributed by atoms with Crippen molar-refractivity contribution in [2.75, 3.05) is 5.73 Å². The number of alkyl halides is 3. The van der Waals surface area contributed by atoms with Gasteiger partial charge in [-0.2, -0.15) is 8.78 Å². The normalized spacial score (nSPS) is 11.5. The van der Waals surface area contributed by atoms with E-state index >= 15 is 0 Å². The van der Waals surface area contributed by atoms with Crippen LogP contribution in [0.5, 0.6) is 0 Å². The second kappa shape index (κ2) is 2.73. The molecule has 0 amide bonds. The Kier molecular flexibility index (Phi) is 2.08. The lowest BCUT2D eigenvalue weighted by atomic mass is 10.3. The smallest absolute Gasteiger partial charge is 0.328 e. The molecule has 1 aromatic heterocycles. The zero-order chi connectivity index (χ0) is 8.48. The molecule has 60 valence electrons. The van der Waals surface area contributed by atoms with E-state index in [4.69, 9.17) is 5.73 Å². The molecule has 0 radical (unpaired) electrons. The van der Waals surface area contributed by atoms with Gasteiger partial charge in [0.05, 0.1) is 11.3 Å². The van der Waals surface area contributed by atoms with Crippen molar-refractivity contribution >= 4 is 21.6 Å². The summed E-state index contributed by atoms with van der Waals surface area (Å²) in [4.78, 5) is 0.469. The number of nitrogens with two attached hydrogens (primary N) is 1. The summed E-state index contributed by atoms with van der Waals surface area (Å²) in [6, 6.07) is 1.17. The SMILES string of the molecule is Nc1cncc(C(F)(F)Br)c1. The number of aromatic nitrogens is 1. The Morgan fingerprint density at radius 2 is 2.09 bits per heavy atom. The molecule has 1 heterocycles. The van der Waals surface area contributed by atoms with Gasteiger partial charge in [0, 0.05) is 12.4 Å². The van der Waals surface area contributed by atoms with Crippen molar-refractivity contribution < 1.29 is 8.78 Å². The first kappa shape index (κ1) is 8.39. The summed E-state index contributed by atoms with van der Waals surface area (Å²) in [5, 5.41) is 0. The third kappa shape index (κ3) is 2.11. The monoisotopic (exact) mass is 222 g/mol. The third-order valence-corrected chi connectivity index (χ3v) is 1.54. The Hall–Kier alpha value is -0.710. The van der Waals surface area contributed by atoms with Crippen LogP contribution < -0.4 is 5.73 Å². The molecule has 0 unspecified atom stereocenters. The largest absolute Gasteiger partial charge is 0.397 e. The number of nitrogen functional groups attached to an aromatic ring is 1. The van der Waals surface area contributed by atoms with E-state index in [-0.39, 0.29) is 11.3 Å². The van der Waals surface area contributed by atoms with Crippen molar-refractivity contribution in [1.29, 1.82) is 0 Å². The molecular weight excluding hydrogens is 218 g/mol. The van der Waals surface area contributed by atoms with E-state index < -0.39 is 4.83 Å². The molecule has 2 nitrogen and oxygen atoms in total. The fourth-order valence-corrected chi connectivity index (χ4v) is 0.830. The molecule has 2 N–H and O–H groups in total. The first-order chi connectivity index (χ1) is 5.00. The minimum absolute atomic E-state index is 0.224. The molecule has 0 saturated heterocycles. The standard InChI is InChI=1S/C6H5BrF2N2/c7-6(8,9)4-1-5(10)3-11-2-4/h1-3H,10H2. The molecule has 0 aliphatic carbocycles. The molecule has 11 heavy (non-hydrogen) atoms. The second-order valence-electron chi connectivity index (χ2n) is 2.00. The first-order valence-electron chi connectivity index (χ1n) is 2.78. The number of halogens is 3. The Bertz CT molecular complexity index is 259. The minimum Gasteiger partial charge on any atom is -0.397 e. The Morgan fingerprint density at radius 1 is 1.45 bits per heavy atom. The fraction of sp³-hybridized carbons (Fsp3) is 0.167. The van der Waals surface area contributed by atoms with Gasteiger partial charge < -0.3 is 5.73 Å². The van der Waals surface area contributed by atoms with Crippen LogP contribution in [-0.2, 0) is 4.83 Å². The van der Waals surface area contributed by atoms with Crippen molar-refractivity contribution in [1.82, 2.24) is 4.98 Å². The van der Waals surface area contributed by atoms with Gasteiger partial charge in [-0.3, -0.25) is 4.98 Å². The van der Waals surface area contributed by atoms with E-state index in [9.17, 15) is 8.78 Å². The molecule has 0 fully saturated rings. The lowest BCUT2D eigenvalue weighted by Crippen LogP contribution is -2.03. The molecule has 0 spiro atoms. The lowest BCUT2D eigenvalue weighted by Gasteiger charge is -2.07. The fourth-order valence-electron chi connectivity index (χ4n) is 0.613. The molecule has 1 rings (SSSR count). The van der Waals surface area contributed by atoms with Gasteiger partial charge in [-0.05, 0) is 22.0 Å². The Morgan fingerprint density at radius 3 is 2.45 bits per heavy atom. The zero-order valence-electron chi connectivity index (χ0n) is 5.39. The van der Waals surface area contributed by atoms with Crippen molar-refractivity contribution in [3.63, 3.8) is 0 Å². The summed E-state index contributed by atoms with van der Waals surface area (Å²) in [7, 11) is 0. The van der Waals surface area contributed by atoms with Crippen molar-refractivity contribution in [3.8, 4) is 0 Å². The predicted octanol–water partition coefficient (Wildman–Crippen LogP) is 2.11. The molecule has 0 aliphatic rings. The highest BCUT2D eigenvalue weighted by atomic mass is 79.9. The molecule has 0 aliphatic heterocycles. The molecule has 5 heteroatoms. The third-order valence-electron chi connectivity index (χ3n) is 1.09. The van der Waals surface area contributed by atoms with Gasteiger partial charge in [0.25, 0.3) is 0 Å². The van der Waals surface area contributed by atoms with Gasteiger partial charge in [-0.25, -0.2) is 0 Å². The second-order valence-corrected chi connectivity index (χ2v) is 3.00. The van der Waals surface area contributed by atoms with Crippen LogP contribution in [0.15, 0.2) is 18.5 Å². The topological polar surface area (TPSA) is 38.9 Å². The van der Waals surface area contributed by atoms with Crippen LogP contribution in [0.25, 0.3) is 0 Å². The average Bonchev–Trinajstić information content (AvgIpc) is 1.86. The maximum absolute atomic E-state index is 12.5. The Balaban J connectivity index is 3.06. The molecule has 0 aromatic carbocycles. The van der Waals surface area contributed by atoms with Crippen LogP contribution in [0.1, 0.15) is 5.56 Å². The molecule has 0 saturated carbocycles. The Labute approximate surface area is 70.6 Å². The van der Waals surface area contributed by atoms with Crippen molar-refractivity contribution in [3.05, 3.63) is 24.0 Å². The lowest BCUT2D eigenvalue weighted by molar-refractivity contribution is 0.114. The van der Waals surface area contributed by atoms with Crippen molar-refractivity contribution in [2.45, 2.75) is 4.83 Å². The zero-order valence-corrected chi connectivity index (χ0v) is 6.98. The summed E-state index contributed by atoms with van der Waals surface area (Å²) in [5.74, 6) is 0. The van der Waals surface area contributed by atoms with Gasteiger partial charge in [0.15, 0.2) is 0 Å². The number of nitrogens with zero attached hydrogens (tertiary/aromatic N) is 1. The number of anilines is 1. The van der Waals surface area contributed by atoms with E-state index in [1.807, 2.05) is 0 Å². The number of hydrogen-bond acceptors (Lipinski definition) is 2. The van der Waals surface area contributed by atoms with Gasteiger partial charge in [0.2, 0.25) is 0 Å². The van der Waals surface area contributed by atoms with Gasteiger partial charge in [-0.1, -0.05) is 0 Å². The number of rotatable bonds is 1. The van der Waals surface area contributed by atoms with Crippen LogP contribution in [0.2, 0.25) is 0 Å². The minimum atomic E-state index is -3.05. The van der Waals surface area contributed by atoms with E-state index in [1.165, 1.54) is 12.3 Å². The molecule has 0 bridgehead atoms. The van der Waals surface area contributed by atoms with Crippen LogP contribution in [0.3, 0.4) is 0 Å². The maximum atomic E-state index is 12.5.